The first-order valence-electron chi connectivity index (χ1n) is 14.0. The normalized spacial score (nSPS) is 19.1. The summed E-state index contributed by atoms with van der Waals surface area (Å²) >= 11 is 3.91. The molecule has 0 spiro atoms. The summed E-state index contributed by atoms with van der Waals surface area (Å²) in [6.45, 7) is 11.3. The van der Waals surface area contributed by atoms with Crippen molar-refractivity contribution in [1.29, 1.82) is 0 Å². The van der Waals surface area contributed by atoms with Crippen LogP contribution < -0.4 is 20.3 Å². The van der Waals surface area contributed by atoms with Crippen LogP contribution in [0, 0.1) is 0 Å². The van der Waals surface area contributed by atoms with Gasteiger partial charge in [-0.3, -0.25) is 9.59 Å². The van der Waals surface area contributed by atoms with Gasteiger partial charge in [-0.15, -0.1) is 10.2 Å². The zero-order chi connectivity index (χ0) is 30.7. The Morgan fingerprint density at radius 1 is 0.814 bits per heavy atom. The molecule has 3 aromatic rings. The predicted octanol–water partition coefficient (Wildman–Crippen LogP) is 5.23. The molecule has 0 saturated carbocycles. The molecule has 3 heterocycles. The lowest BCUT2D eigenvalue weighted by Gasteiger charge is -2.09. The second kappa shape index (κ2) is 13.5. The van der Waals surface area contributed by atoms with Crippen molar-refractivity contribution in [3.05, 3.63) is 58.7 Å². The van der Waals surface area contributed by atoms with Crippen molar-refractivity contribution >= 4 is 58.1 Å². The number of hydrogen-bond acceptors (Lipinski definition) is 11. The quantitative estimate of drug-likeness (QED) is 0.176. The fraction of sp³-hybridized carbons (Fsp3) is 0.400. The number of rotatable bonds is 10. The number of hydrazone groups is 2. The molecule has 4 atom stereocenters. The van der Waals surface area contributed by atoms with Crippen LogP contribution in [0.2, 0.25) is 0 Å². The highest BCUT2D eigenvalue weighted by Gasteiger charge is 2.22. The van der Waals surface area contributed by atoms with Gasteiger partial charge in [0, 0.05) is 24.0 Å². The Labute approximate surface area is 263 Å². The van der Waals surface area contributed by atoms with Crippen LogP contribution >= 0.6 is 34.9 Å². The number of ether oxygens (including phenoxy) is 2. The summed E-state index contributed by atoms with van der Waals surface area (Å²) in [4.78, 5) is 25.4. The van der Waals surface area contributed by atoms with E-state index in [-0.39, 0.29) is 24.0 Å². The lowest BCUT2D eigenvalue weighted by molar-refractivity contribution is -0.121. The number of aromatic nitrogens is 2. The first-order chi connectivity index (χ1) is 20.5. The summed E-state index contributed by atoms with van der Waals surface area (Å²) in [5.74, 6) is 1.25. The highest BCUT2D eigenvalue weighted by Crippen LogP contribution is 2.34. The molecule has 0 fully saturated rings. The molecule has 0 aliphatic carbocycles. The average Bonchev–Trinajstić information content (AvgIpc) is 3.69. The minimum atomic E-state index is -0.447. The highest BCUT2D eigenvalue weighted by molar-refractivity contribution is 8.04. The number of nitrogens with one attached hydrogen (secondary N) is 2. The van der Waals surface area contributed by atoms with Gasteiger partial charge in [0.05, 0.1) is 21.9 Å². The van der Waals surface area contributed by atoms with E-state index in [0.717, 1.165) is 35.5 Å². The molecule has 0 unspecified atom stereocenters. The smallest absolute Gasteiger partial charge is 0.253 e. The van der Waals surface area contributed by atoms with Gasteiger partial charge in [0.1, 0.15) is 23.7 Å². The molecule has 2 aliphatic heterocycles. The molecule has 1 aromatic heterocycles. The number of fused-ring (bicyclic) bond motifs is 2. The minimum absolute atomic E-state index is 0.170. The van der Waals surface area contributed by atoms with E-state index in [0.29, 0.717) is 20.1 Å². The third-order valence-corrected chi connectivity index (χ3v) is 10.3. The molecule has 226 valence electrons. The topological polar surface area (TPSA) is 127 Å². The molecule has 2 N–H and O–H groups in total. The van der Waals surface area contributed by atoms with Crippen LogP contribution in [-0.2, 0) is 22.4 Å². The molecular formula is C30H34N6O4S3. The van der Waals surface area contributed by atoms with Crippen molar-refractivity contribution in [2.24, 2.45) is 10.2 Å². The van der Waals surface area contributed by atoms with Crippen molar-refractivity contribution in [1.82, 2.24) is 21.0 Å². The van der Waals surface area contributed by atoms with Crippen molar-refractivity contribution in [2.75, 3.05) is 0 Å². The lowest BCUT2D eigenvalue weighted by Crippen LogP contribution is -2.27. The molecule has 2 aliphatic rings. The molecule has 0 radical (unpaired) electrons. The van der Waals surface area contributed by atoms with Crippen molar-refractivity contribution in [3.8, 4) is 11.5 Å². The first-order valence-corrected chi connectivity index (χ1v) is 16.6. The Morgan fingerprint density at radius 2 is 1.23 bits per heavy atom. The van der Waals surface area contributed by atoms with Crippen molar-refractivity contribution < 1.29 is 19.1 Å². The fourth-order valence-electron chi connectivity index (χ4n) is 4.54. The van der Waals surface area contributed by atoms with E-state index in [9.17, 15) is 9.59 Å². The molecule has 5 rings (SSSR count). The molecular weight excluding hydrogens is 605 g/mol. The van der Waals surface area contributed by atoms with Gasteiger partial charge in [0.2, 0.25) is 0 Å². The van der Waals surface area contributed by atoms with Crippen LogP contribution in [-0.4, -0.2) is 56.1 Å². The number of carbonyl (C=O) groups excluding carboxylic acids is 2. The van der Waals surface area contributed by atoms with Crippen LogP contribution in [0.15, 0.2) is 55.3 Å². The Hall–Kier alpha value is -3.42. The van der Waals surface area contributed by atoms with Crippen LogP contribution in [0.3, 0.4) is 0 Å². The number of thioether (sulfide) groups is 2. The van der Waals surface area contributed by atoms with Crippen LogP contribution in [0.25, 0.3) is 0 Å². The minimum Gasteiger partial charge on any atom is -0.490 e. The molecule has 13 heteroatoms. The maximum atomic E-state index is 12.7. The van der Waals surface area contributed by atoms with Gasteiger partial charge in [-0.1, -0.05) is 59.1 Å². The SMILES string of the molecule is C/C(=N/NC(=O)[C@@H](C)Sc1nnc(S[C@H](C)C(=O)N/N=C(/C)c2ccc3c(c2)O[C@@H](C)C3)s1)c1ccc2c(c1)O[C@@H](C)C2. The van der Waals surface area contributed by atoms with Gasteiger partial charge in [-0.25, -0.2) is 10.9 Å². The third kappa shape index (κ3) is 7.76. The summed E-state index contributed by atoms with van der Waals surface area (Å²) in [5.41, 5.74) is 10.8. The molecule has 0 saturated heterocycles. The number of hydrogen-bond donors (Lipinski definition) is 2. The molecule has 2 amide bonds. The van der Waals surface area contributed by atoms with Crippen LogP contribution in [0.5, 0.6) is 11.5 Å². The lowest BCUT2D eigenvalue weighted by atomic mass is 10.1. The first kappa shape index (κ1) is 31.0. The highest BCUT2D eigenvalue weighted by atomic mass is 32.2. The largest absolute Gasteiger partial charge is 0.490 e. The second-order valence-electron chi connectivity index (χ2n) is 10.6. The Bertz CT molecular complexity index is 1480. The standard InChI is InChI=1S/C30H34N6O4S3/c1-15-11-23-9-7-21(13-25(23)39-15)17(3)31-33-27(37)19(5)41-29-35-36-30(43-29)42-20(6)28(38)34-32-18(4)22-8-10-24-12-16(2)40-26(24)14-22/h7-10,13-16,19-20H,11-12H2,1-6H3,(H,33,37)(H,34,38)/b31-17-,32-18-/t15-,16-,19+,20+/m0/s1. The number of carbonyl (C=O) groups is 2. The maximum Gasteiger partial charge on any atom is 0.253 e. The molecule has 10 nitrogen and oxygen atoms in total. The van der Waals surface area contributed by atoms with E-state index in [1.807, 2.05) is 64.1 Å². The summed E-state index contributed by atoms with van der Waals surface area (Å²) in [7, 11) is 0. The van der Waals surface area contributed by atoms with Crippen LogP contribution in [0.1, 0.15) is 63.8 Å². The Balaban J connectivity index is 1.09. The van der Waals surface area contributed by atoms with E-state index in [4.69, 9.17) is 9.47 Å². The van der Waals surface area contributed by atoms with E-state index < -0.39 is 10.5 Å². The zero-order valence-electron chi connectivity index (χ0n) is 24.8. The summed E-state index contributed by atoms with van der Waals surface area (Å²) in [6.07, 6.45) is 2.14. The van der Waals surface area contributed by atoms with Crippen LogP contribution in [0.4, 0.5) is 0 Å². The van der Waals surface area contributed by atoms with Gasteiger partial charge in [-0.2, -0.15) is 10.2 Å². The number of nitrogens with zero attached hydrogens (tertiary/aromatic N) is 4. The number of amides is 2. The van der Waals surface area contributed by atoms with Crippen molar-refractivity contribution in [2.45, 2.75) is 85.8 Å². The average molecular weight is 639 g/mol. The maximum absolute atomic E-state index is 12.7. The number of benzene rings is 2. The second-order valence-corrected chi connectivity index (χ2v) is 14.8. The van der Waals surface area contributed by atoms with Gasteiger partial charge < -0.3 is 9.47 Å². The summed E-state index contributed by atoms with van der Waals surface area (Å²) in [6, 6.07) is 12.0. The van der Waals surface area contributed by atoms with E-state index >= 15 is 0 Å². The van der Waals surface area contributed by atoms with E-state index in [1.165, 1.54) is 46.0 Å². The fourth-order valence-corrected chi connectivity index (χ4v) is 7.84. The van der Waals surface area contributed by atoms with E-state index in [1.54, 1.807) is 13.8 Å². The monoisotopic (exact) mass is 638 g/mol. The van der Waals surface area contributed by atoms with E-state index in [2.05, 4.69) is 31.3 Å². The molecule has 43 heavy (non-hydrogen) atoms. The molecule has 0 bridgehead atoms. The third-order valence-electron chi connectivity index (χ3n) is 6.99. The molecule has 2 aromatic carbocycles. The van der Waals surface area contributed by atoms with Gasteiger partial charge in [0.25, 0.3) is 11.8 Å². The summed E-state index contributed by atoms with van der Waals surface area (Å²) < 4.78 is 12.9. The predicted molar refractivity (Wildman–Crippen MR) is 172 cm³/mol. The van der Waals surface area contributed by atoms with Gasteiger partial charge >= 0.3 is 0 Å². The van der Waals surface area contributed by atoms with Gasteiger partial charge in [-0.05, 0) is 64.8 Å². The Kier molecular flexibility index (Phi) is 9.72. The Morgan fingerprint density at radius 3 is 1.65 bits per heavy atom. The van der Waals surface area contributed by atoms with Gasteiger partial charge in [0.15, 0.2) is 8.68 Å². The van der Waals surface area contributed by atoms with Crippen molar-refractivity contribution in [3.63, 3.8) is 0 Å². The zero-order valence-corrected chi connectivity index (χ0v) is 27.3. The summed E-state index contributed by atoms with van der Waals surface area (Å²) in [5, 5.41) is 16.1.